The molecule has 1 aliphatic heterocycles. The minimum atomic E-state index is -0.784. The normalized spacial score (nSPS) is 14.8. The van der Waals surface area contributed by atoms with Crippen molar-refractivity contribution in [2.24, 2.45) is 0 Å². The predicted octanol–water partition coefficient (Wildman–Crippen LogP) is 3.23. The lowest BCUT2D eigenvalue weighted by molar-refractivity contribution is -0.138. The molecule has 174 valence electrons. The van der Waals surface area contributed by atoms with E-state index < -0.39 is 5.97 Å². The number of rotatable bonds is 9. The van der Waals surface area contributed by atoms with Gasteiger partial charge >= 0.3 is 5.97 Å². The zero-order valence-electron chi connectivity index (χ0n) is 18.3. The molecule has 0 spiro atoms. The van der Waals surface area contributed by atoms with Crippen molar-refractivity contribution in [1.29, 1.82) is 0 Å². The number of hydrogen-bond acceptors (Lipinski definition) is 8. The smallest absolute Gasteiger partial charge is 0.317 e. The lowest BCUT2D eigenvalue weighted by atomic mass is 10.2. The van der Waals surface area contributed by atoms with Gasteiger partial charge in [-0.25, -0.2) is 9.97 Å². The highest BCUT2D eigenvalue weighted by Gasteiger charge is 2.19. The molecule has 0 saturated carbocycles. The minimum absolute atomic E-state index is 0.0942. The Labute approximate surface area is 200 Å². The Morgan fingerprint density at radius 2 is 1.91 bits per heavy atom. The Balaban J connectivity index is 1.44. The first-order valence-electron chi connectivity index (χ1n) is 10.7. The molecule has 2 N–H and O–H groups in total. The van der Waals surface area contributed by atoms with Crippen LogP contribution in [-0.2, 0) is 4.79 Å². The van der Waals surface area contributed by atoms with Gasteiger partial charge in [-0.2, -0.15) is 0 Å². The summed E-state index contributed by atoms with van der Waals surface area (Å²) in [5.41, 5.74) is 1.66. The fraction of sp³-hybridized carbons (Fsp3) is 0.348. The van der Waals surface area contributed by atoms with E-state index in [4.69, 9.17) is 14.6 Å². The maximum absolute atomic E-state index is 10.9. The predicted molar refractivity (Wildman–Crippen MR) is 130 cm³/mol. The molecule has 0 unspecified atom stereocenters. The Kier molecular flexibility index (Phi) is 7.58. The van der Waals surface area contributed by atoms with Crippen LogP contribution in [0.15, 0.2) is 47.2 Å². The van der Waals surface area contributed by atoms with Gasteiger partial charge in [0.05, 0.1) is 19.2 Å². The van der Waals surface area contributed by atoms with E-state index in [-0.39, 0.29) is 6.54 Å². The van der Waals surface area contributed by atoms with Crippen LogP contribution in [0, 0.1) is 0 Å². The Bertz CT molecular complexity index is 1120. The van der Waals surface area contributed by atoms with Crippen LogP contribution in [-0.4, -0.2) is 83.8 Å². The highest BCUT2D eigenvalue weighted by atomic mass is 79.9. The fourth-order valence-corrected chi connectivity index (χ4v) is 4.19. The molecular weight excluding hydrogens is 490 g/mol. The summed E-state index contributed by atoms with van der Waals surface area (Å²) in [5, 5.41) is 13.1. The number of hydrogen-bond donors (Lipinski definition) is 2. The van der Waals surface area contributed by atoms with Crippen LogP contribution in [0.1, 0.15) is 0 Å². The molecular formula is C23H26BrN5O4. The van der Waals surface area contributed by atoms with E-state index in [2.05, 4.69) is 36.1 Å². The van der Waals surface area contributed by atoms with Gasteiger partial charge in [-0.1, -0.05) is 22.0 Å². The van der Waals surface area contributed by atoms with Gasteiger partial charge in [-0.3, -0.25) is 14.6 Å². The van der Waals surface area contributed by atoms with Gasteiger partial charge in [0.15, 0.2) is 11.5 Å². The average Bonchev–Trinajstić information content (AvgIpc) is 2.80. The van der Waals surface area contributed by atoms with Gasteiger partial charge < -0.3 is 19.9 Å². The van der Waals surface area contributed by atoms with Crippen molar-refractivity contribution in [3.8, 4) is 11.5 Å². The van der Waals surface area contributed by atoms with Gasteiger partial charge in [-0.05, 0) is 24.3 Å². The summed E-state index contributed by atoms with van der Waals surface area (Å²) in [4.78, 5) is 23.9. The van der Waals surface area contributed by atoms with Crippen molar-refractivity contribution in [3.05, 3.63) is 47.2 Å². The second kappa shape index (κ2) is 10.8. The number of halogens is 1. The van der Waals surface area contributed by atoms with Crippen molar-refractivity contribution >= 4 is 44.3 Å². The summed E-state index contributed by atoms with van der Waals surface area (Å²) in [6.07, 6.45) is 1.52. The van der Waals surface area contributed by atoms with Gasteiger partial charge in [0, 0.05) is 54.3 Å². The maximum Gasteiger partial charge on any atom is 0.317 e. The number of carboxylic acids is 1. The summed E-state index contributed by atoms with van der Waals surface area (Å²) < 4.78 is 12.6. The first kappa shape index (κ1) is 23.2. The standard InChI is InChI=1S/C23H26BrN5O4/c1-32-20-13-19-18(23(26-15-25-19)27-17-4-2-3-16(24)11-17)12-21(20)33-10-9-28-5-7-29(8-6-28)14-22(30)31/h2-4,11-13,15H,5-10,14H2,1H3,(H,30,31)(H,25,26,27). The van der Waals surface area contributed by atoms with E-state index in [1.54, 1.807) is 7.11 Å². The monoisotopic (exact) mass is 515 g/mol. The number of methoxy groups -OCH3 is 1. The van der Waals surface area contributed by atoms with E-state index in [1.807, 2.05) is 41.3 Å². The van der Waals surface area contributed by atoms with Crippen LogP contribution in [0.25, 0.3) is 10.9 Å². The van der Waals surface area contributed by atoms with Crippen LogP contribution in [0.5, 0.6) is 11.5 Å². The molecule has 0 radical (unpaired) electrons. The topological polar surface area (TPSA) is 100 Å². The molecule has 1 aromatic heterocycles. The number of nitrogens with zero attached hydrogens (tertiary/aromatic N) is 4. The zero-order valence-corrected chi connectivity index (χ0v) is 19.9. The molecule has 2 aromatic carbocycles. The lowest BCUT2D eigenvalue weighted by Crippen LogP contribution is -2.48. The molecule has 3 aromatic rings. The van der Waals surface area contributed by atoms with E-state index in [1.165, 1.54) is 6.33 Å². The first-order valence-corrected chi connectivity index (χ1v) is 11.5. The van der Waals surface area contributed by atoms with E-state index >= 15 is 0 Å². The van der Waals surface area contributed by atoms with Crippen molar-refractivity contribution in [2.45, 2.75) is 0 Å². The van der Waals surface area contributed by atoms with E-state index in [0.717, 1.165) is 53.8 Å². The van der Waals surface area contributed by atoms with Crippen molar-refractivity contribution in [2.75, 3.05) is 58.3 Å². The zero-order chi connectivity index (χ0) is 23.2. The van der Waals surface area contributed by atoms with Crippen LogP contribution in [0.3, 0.4) is 0 Å². The molecule has 33 heavy (non-hydrogen) atoms. The number of aromatic nitrogens is 2. The molecule has 10 heteroatoms. The summed E-state index contributed by atoms with van der Waals surface area (Å²) in [6, 6.07) is 11.6. The second-order valence-corrected chi connectivity index (χ2v) is 8.65. The number of nitrogens with one attached hydrogen (secondary N) is 1. The highest BCUT2D eigenvalue weighted by Crippen LogP contribution is 2.35. The SMILES string of the molecule is COc1cc2ncnc(Nc3cccc(Br)c3)c2cc1OCCN1CCN(CC(=O)O)CC1. The molecule has 1 saturated heterocycles. The molecule has 1 fully saturated rings. The second-order valence-electron chi connectivity index (χ2n) is 7.74. The van der Waals surface area contributed by atoms with E-state index in [9.17, 15) is 4.79 Å². The van der Waals surface area contributed by atoms with Crippen LogP contribution >= 0.6 is 15.9 Å². The quantitative estimate of drug-likeness (QED) is 0.444. The van der Waals surface area contributed by atoms with Crippen LogP contribution in [0.4, 0.5) is 11.5 Å². The molecule has 0 amide bonds. The first-order chi connectivity index (χ1) is 16.0. The highest BCUT2D eigenvalue weighted by molar-refractivity contribution is 9.10. The van der Waals surface area contributed by atoms with Crippen LogP contribution < -0.4 is 14.8 Å². The summed E-state index contributed by atoms with van der Waals surface area (Å²) in [7, 11) is 1.61. The van der Waals surface area contributed by atoms with Gasteiger partial charge in [0.2, 0.25) is 0 Å². The van der Waals surface area contributed by atoms with Crippen LogP contribution in [0.2, 0.25) is 0 Å². The van der Waals surface area contributed by atoms with Gasteiger partial charge in [0.1, 0.15) is 18.8 Å². The number of fused-ring (bicyclic) bond motifs is 1. The average molecular weight is 516 g/mol. The van der Waals surface area contributed by atoms with E-state index in [0.29, 0.717) is 23.9 Å². The number of carboxylic acid groups (broad SMARTS) is 1. The molecule has 0 atom stereocenters. The Morgan fingerprint density at radius 1 is 1.12 bits per heavy atom. The largest absolute Gasteiger partial charge is 0.493 e. The summed E-state index contributed by atoms with van der Waals surface area (Å²) in [6.45, 7) is 4.46. The molecule has 0 aliphatic carbocycles. The number of anilines is 2. The third-order valence-electron chi connectivity index (χ3n) is 5.50. The Hall–Kier alpha value is -2.95. The number of aliphatic carboxylic acids is 1. The van der Waals surface area contributed by atoms with Crippen molar-refractivity contribution in [1.82, 2.24) is 19.8 Å². The fourth-order valence-electron chi connectivity index (χ4n) is 3.79. The van der Waals surface area contributed by atoms with Gasteiger partial charge in [-0.15, -0.1) is 0 Å². The molecule has 2 heterocycles. The third kappa shape index (κ3) is 6.10. The maximum atomic E-state index is 10.9. The summed E-state index contributed by atoms with van der Waals surface area (Å²) >= 11 is 3.49. The van der Waals surface area contributed by atoms with Gasteiger partial charge in [0.25, 0.3) is 0 Å². The number of piperazine rings is 1. The number of carbonyl (C=O) groups is 1. The number of ether oxygens (including phenoxy) is 2. The Morgan fingerprint density at radius 3 is 2.64 bits per heavy atom. The van der Waals surface area contributed by atoms with Crippen molar-refractivity contribution < 1.29 is 19.4 Å². The molecule has 9 nitrogen and oxygen atoms in total. The third-order valence-corrected chi connectivity index (χ3v) is 5.99. The lowest BCUT2D eigenvalue weighted by Gasteiger charge is -2.33. The molecule has 0 bridgehead atoms. The molecule has 1 aliphatic rings. The minimum Gasteiger partial charge on any atom is -0.493 e. The van der Waals surface area contributed by atoms with Crippen molar-refractivity contribution in [3.63, 3.8) is 0 Å². The summed E-state index contributed by atoms with van der Waals surface area (Å²) in [5.74, 6) is 1.13. The molecule has 4 rings (SSSR count). The number of benzene rings is 2.